The van der Waals surface area contributed by atoms with Gasteiger partial charge in [-0.05, 0) is 31.0 Å². The first kappa shape index (κ1) is 16.4. The second-order valence-corrected chi connectivity index (χ2v) is 6.06. The van der Waals surface area contributed by atoms with Crippen molar-refractivity contribution in [3.63, 3.8) is 0 Å². The van der Waals surface area contributed by atoms with Crippen molar-refractivity contribution in [2.45, 2.75) is 26.4 Å². The van der Waals surface area contributed by atoms with E-state index in [1.165, 1.54) is 5.56 Å². The van der Waals surface area contributed by atoms with Gasteiger partial charge in [-0.2, -0.15) is 5.10 Å². The minimum atomic E-state index is -0.158. The summed E-state index contributed by atoms with van der Waals surface area (Å²) in [6.45, 7) is 5.53. The number of aromatic nitrogens is 2. The highest BCUT2D eigenvalue weighted by Gasteiger charge is 2.24. The van der Waals surface area contributed by atoms with Gasteiger partial charge < -0.3 is 9.64 Å². The second kappa shape index (κ2) is 7.40. The Morgan fingerprint density at radius 2 is 2.08 bits per heavy atom. The Balaban J connectivity index is 1.59. The van der Waals surface area contributed by atoms with Gasteiger partial charge in [0.15, 0.2) is 5.82 Å². The van der Waals surface area contributed by atoms with Crippen LogP contribution in [0.3, 0.4) is 0 Å². The fourth-order valence-electron chi connectivity index (χ4n) is 2.70. The van der Waals surface area contributed by atoms with Crippen molar-refractivity contribution in [1.82, 2.24) is 15.1 Å². The number of morpholine rings is 1. The number of hydrogen-bond donors (Lipinski definition) is 1. The first-order chi connectivity index (χ1) is 11.6. The predicted octanol–water partition coefficient (Wildman–Crippen LogP) is 2.57. The number of carbonyl (C=O) groups is 1. The van der Waals surface area contributed by atoms with Crippen LogP contribution in [0.5, 0.6) is 0 Å². The topological polar surface area (TPSA) is 67.4 Å². The molecule has 0 bridgehead atoms. The van der Waals surface area contributed by atoms with E-state index >= 15 is 0 Å². The number of benzene rings is 1. The summed E-state index contributed by atoms with van der Waals surface area (Å²) in [6.07, 6.45) is 0.811. The molecule has 0 spiro atoms. The van der Waals surface area contributed by atoms with Gasteiger partial charge in [0.1, 0.15) is 0 Å². The molecule has 1 fully saturated rings. The third-order valence-electron chi connectivity index (χ3n) is 4.20. The number of hydrogen-bond acceptors (Lipinski definition) is 4. The largest absolute Gasteiger partial charge is 0.374 e. The lowest BCUT2D eigenvalue weighted by molar-refractivity contribution is -0.0113. The highest BCUT2D eigenvalue weighted by Crippen LogP contribution is 2.14. The molecule has 1 aliphatic heterocycles. The van der Waals surface area contributed by atoms with Crippen LogP contribution in [0.2, 0.25) is 0 Å². The van der Waals surface area contributed by atoms with Gasteiger partial charge >= 0.3 is 6.03 Å². The summed E-state index contributed by atoms with van der Waals surface area (Å²) >= 11 is 0. The molecule has 1 atom stereocenters. The van der Waals surface area contributed by atoms with E-state index in [9.17, 15) is 4.79 Å². The molecule has 1 N–H and O–H groups in total. The fourth-order valence-corrected chi connectivity index (χ4v) is 2.70. The molecule has 0 unspecified atom stereocenters. The molecular formula is C18H22N4O2. The van der Waals surface area contributed by atoms with Crippen molar-refractivity contribution < 1.29 is 9.53 Å². The molecule has 1 aliphatic rings. The molecule has 2 amide bonds. The smallest absolute Gasteiger partial charge is 0.323 e. The average Bonchev–Trinajstić information content (AvgIpc) is 2.59. The number of anilines is 1. The van der Waals surface area contributed by atoms with Gasteiger partial charge in [0.2, 0.25) is 0 Å². The molecule has 126 valence electrons. The Kier molecular flexibility index (Phi) is 5.05. The zero-order valence-corrected chi connectivity index (χ0v) is 14.0. The molecule has 1 aromatic carbocycles. The minimum absolute atomic E-state index is 0.0118. The molecule has 2 aromatic rings. The number of nitrogens with one attached hydrogen (secondary N) is 1. The number of aryl methyl sites for hydroxylation is 2. The van der Waals surface area contributed by atoms with E-state index in [-0.39, 0.29) is 12.1 Å². The highest BCUT2D eigenvalue weighted by molar-refractivity contribution is 5.88. The molecule has 24 heavy (non-hydrogen) atoms. The Bertz CT molecular complexity index is 705. The van der Waals surface area contributed by atoms with Crippen molar-refractivity contribution >= 4 is 11.8 Å². The van der Waals surface area contributed by atoms with Crippen LogP contribution in [0.4, 0.5) is 10.6 Å². The average molecular weight is 326 g/mol. The number of ether oxygens (including phenoxy) is 1. The zero-order valence-electron chi connectivity index (χ0n) is 14.0. The summed E-state index contributed by atoms with van der Waals surface area (Å²) in [6, 6.07) is 11.9. The monoisotopic (exact) mass is 326 g/mol. The number of amides is 2. The van der Waals surface area contributed by atoms with Gasteiger partial charge in [-0.25, -0.2) is 4.79 Å². The molecule has 0 saturated carbocycles. The Morgan fingerprint density at radius 1 is 1.29 bits per heavy atom. The summed E-state index contributed by atoms with van der Waals surface area (Å²) in [4.78, 5) is 14.2. The van der Waals surface area contributed by atoms with E-state index in [1.54, 1.807) is 4.90 Å². The van der Waals surface area contributed by atoms with Crippen molar-refractivity contribution in [2.24, 2.45) is 0 Å². The molecule has 0 aliphatic carbocycles. The lowest BCUT2D eigenvalue weighted by Crippen LogP contribution is -2.48. The molecule has 3 rings (SSSR count). The summed E-state index contributed by atoms with van der Waals surface area (Å²) in [7, 11) is 0. The van der Waals surface area contributed by atoms with Gasteiger partial charge in [-0.15, -0.1) is 5.10 Å². The lowest BCUT2D eigenvalue weighted by atomic mass is 10.1. The Morgan fingerprint density at radius 3 is 2.83 bits per heavy atom. The molecule has 2 heterocycles. The van der Waals surface area contributed by atoms with Crippen LogP contribution in [0.15, 0.2) is 36.4 Å². The molecular weight excluding hydrogens is 304 g/mol. The quantitative estimate of drug-likeness (QED) is 0.941. The third-order valence-corrected chi connectivity index (χ3v) is 4.20. The van der Waals surface area contributed by atoms with Crippen LogP contribution in [0.25, 0.3) is 0 Å². The molecule has 6 heteroatoms. The summed E-state index contributed by atoms with van der Waals surface area (Å²) < 4.78 is 5.80. The van der Waals surface area contributed by atoms with Gasteiger partial charge in [-0.3, -0.25) is 5.32 Å². The van der Waals surface area contributed by atoms with E-state index in [0.717, 1.165) is 17.7 Å². The van der Waals surface area contributed by atoms with Crippen LogP contribution in [0, 0.1) is 13.8 Å². The maximum absolute atomic E-state index is 12.5. The molecule has 6 nitrogen and oxygen atoms in total. The predicted molar refractivity (Wildman–Crippen MR) is 92.0 cm³/mol. The third kappa shape index (κ3) is 4.08. The number of urea groups is 1. The van der Waals surface area contributed by atoms with E-state index in [4.69, 9.17) is 4.74 Å². The van der Waals surface area contributed by atoms with Crippen LogP contribution in [-0.4, -0.2) is 46.9 Å². The normalized spacial score (nSPS) is 17.6. The van der Waals surface area contributed by atoms with E-state index in [0.29, 0.717) is 25.5 Å². The highest BCUT2D eigenvalue weighted by atomic mass is 16.5. The van der Waals surface area contributed by atoms with Gasteiger partial charge in [0.05, 0.1) is 18.4 Å². The fraction of sp³-hybridized carbons (Fsp3) is 0.389. The van der Waals surface area contributed by atoms with Gasteiger partial charge in [0, 0.05) is 19.5 Å². The molecule has 1 saturated heterocycles. The Hall–Kier alpha value is -2.47. The minimum Gasteiger partial charge on any atom is -0.374 e. The van der Waals surface area contributed by atoms with Crippen molar-refractivity contribution in [3.05, 3.63) is 53.2 Å². The standard InChI is InChI=1S/C18H22N4O2/c1-13-10-17(21-20-14(13)2)19-18(23)22-8-9-24-16(12-22)11-15-6-4-3-5-7-15/h3-7,10,16H,8-9,11-12H2,1-2H3,(H,19,21,23)/t16-/m1/s1. The van der Waals surface area contributed by atoms with Crippen LogP contribution >= 0.6 is 0 Å². The first-order valence-corrected chi connectivity index (χ1v) is 8.14. The van der Waals surface area contributed by atoms with Crippen molar-refractivity contribution in [3.8, 4) is 0 Å². The summed E-state index contributed by atoms with van der Waals surface area (Å²) in [5, 5.41) is 10.9. The first-order valence-electron chi connectivity index (χ1n) is 8.14. The summed E-state index contributed by atoms with van der Waals surface area (Å²) in [5.41, 5.74) is 3.08. The maximum atomic E-state index is 12.5. The summed E-state index contributed by atoms with van der Waals surface area (Å²) in [5.74, 6) is 0.481. The van der Waals surface area contributed by atoms with Crippen molar-refractivity contribution in [1.29, 1.82) is 0 Å². The van der Waals surface area contributed by atoms with E-state index in [1.807, 2.05) is 38.1 Å². The Labute approximate surface area is 141 Å². The van der Waals surface area contributed by atoms with Crippen molar-refractivity contribution in [2.75, 3.05) is 25.0 Å². The number of nitrogens with zero attached hydrogens (tertiary/aromatic N) is 3. The van der Waals surface area contributed by atoms with Crippen LogP contribution in [-0.2, 0) is 11.2 Å². The van der Waals surface area contributed by atoms with E-state index in [2.05, 4.69) is 27.6 Å². The molecule has 1 aromatic heterocycles. The number of rotatable bonds is 3. The van der Waals surface area contributed by atoms with Gasteiger partial charge in [0.25, 0.3) is 0 Å². The SMILES string of the molecule is Cc1cc(NC(=O)N2CCO[C@H](Cc3ccccc3)C2)nnc1C. The zero-order chi connectivity index (χ0) is 16.9. The van der Waals surface area contributed by atoms with Gasteiger partial charge in [-0.1, -0.05) is 30.3 Å². The maximum Gasteiger partial charge on any atom is 0.323 e. The number of carbonyl (C=O) groups excluding carboxylic acids is 1. The molecule has 0 radical (unpaired) electrons. The van der Waals surface area contributed by atoms with Crippen LogP contribution in [0.1, 0.15) is 16.8 Å². The van der Waals surface area contributed by atoms with E-state index < -0.39 is 0 Å². The van der Waals surface area contributed by atoms with Crippen LogP contribution < -0.4 is 5.32 Å². The lowest BCUT2D eigenvalue weighted by Gasteiger charge is -2.33. The second-order valence-electron chi connectivity index (χ2n) is 6.06.